The molecule has 6 nitrogen and oxygen atoms in total. The van der Waals surface area contributed by atoms with E-state index < -0.39 is 0 Å². The van der Waals surface area contributed by atoms with Gasteiger partial charge in [0, 0.05) is 36.8 Å². The lowest BCUT2D eigenvalue weighted by atomic mass is 10.1. The molecule has 128 valence electrons. The first-order valence-electron chi connectivity index (χ1n) is 8.49. The highest BCUT2D eigenvalue weighted by Crippen LogP contribution is 2.25. The smallest absolute Gasteiger partial charge is 0.254 e. The van der Waals surface area contributed by atoms with E-state index in [0.717, 1.165) is 23.0 Å². The van der Waals surface area contributed by atoms with E-state index in [-0.39, 0.29) is 11.8 Å². The van der Waals surface area contributed by atoms with Crippen LogP contribution in [0.5, 0.6) is 0 Å². The van der Waals surface area contributed by atoms with Crippen molar-refractivity contribution in [2.45, 2.75) is 32.7 Å². The number of hydrogen-bond donors (Lipinski definition) is 0. The lowest BCUT2D eigenvalue weighted by Crippen LogP contribution is -2.35. The molecule has 2 aromatic heterocycles. The SMILES string of the molecule is CC(C)c1nc2c(o1)CCN(C(=O)c1cccc(-n3cccn3)c1)C2. The third-order valence-electron chi connectivity index (χ3n) is 4.39. The van der Waals surface area contributed by atoms with Crippen molar-refractivity contribution in [1.29, 1.82) is 0 Å². The molecule has 0 radical (unpaired) electrons. The molecule has 0 unspecified atom stereocenters. The molecule has 1 aliphatic rings. The summed E-state index contributed by atoms with van der Waals surface area (Å²) in [7, 11) is 0. The standard InChI is InChI=1S/C19H20N4O2/c1-13(2)18-21-16-12-22(10-7-17(16)25-18)19(24)14-5-3-6-15(11-14)23-9-4-8-20-23/h3-6,8-9,11,13H,7,10,12H2,1-2H3. The van der Waals surface area contributed by atoms with E-state index in [1.165, 1.54) is 0 Å². The Labute approximate surface area is 146 Å². The molecular formula is C19H20N4O2. The van der Waals surface area contributed by atoms with Gasteiger partial charge in [-0.1, -0.05) is 19.9 Å². The van der Waals surface area contributed by atoms with Crippen LogP contribution >= 0.6 is 0 Å². The Balaban J connectivity index is 1.56. The zero-order valence-electron chi connectivity index (χ0n) is 14.3. The lowest BCUT2D eigenvalue weighted by Gasteiger charge is -2.25. The van der Waals surface area contributed by atoms with Crippen LogP contribution in [0, 0.1) is 0 Å². The van der Waals surface area contributed by atoms with Gasteiger partial charge in [0.1, 0.15) is 11.5 Å². The van der Waals surface area contributed by atoms with Crippen LogP contribution in [0.15, 0.2) is 47.1 Å². The summed E-state index contributed by atoms with van der Waals surface area (Å²) in [6.45, 7) is 5.25. The number of fused-ring (bicyclic) bond motifs is 1. The molecule has 0 fully saturated rings. The highest BCUT2D eigenvalue weighted by Gasteiger charge is 2.26. The average molecular weight is 336 g/mol. The topological polar surface area (TPSA) is 64.2 Å². The van der Waals surface area contributed by atoms with Crippen molar-refractivity contribution in [1.82, 2.24) is 19.7 Å². The summed E-state index contributed by atoms with van der Waals surface area (Å²) in [5.41, 5.74) is 2.41. The molecule has 3 heterocycles. The Morgan fingerprint density at radius 2 is 2.16 bits per heavy atom. The molecule has 6 heteroatoms. The third-order valence-corrected chi connectivity index (χ3v) is 4.39. The van der Waals surface area contributed by atoms with Crippen LogP contribution < -0.4 is 0 Å². The molecule has 4 rings (SSSR count). The maximum atomic E-state index is 12.9. The third kappa shape index (κ3) is 2.95. The predicted octanol–water partition coefficient (Wildman–Crippen LogP) is 3.18. The van der Waals surface area contributed by atoms with Crippen LogP contribution in [-0.2, 0) is 13.0 Å². The minimum absolute atomic E-state index is 0.00810. The Kier molecular flexibility index (Phi) is 3.87. The van der Waals surface area contributed by atoms with Crippen molar-refractivity contribution in [2.24, 2.45) is 0 Å². The number of hydrogen-bond acceptors (Lipinski definition) is 4. The monoisotopic (exact) mass is 336 g/mol. The van der Waals surface area contributed by atoms with E-state index in [1.807, 2.05) is 41.4 Å². The number of nitrogens with zero attached hydrogens (tertiary/aromatic N) is 4. The van der Waals surface area contributed by atoms with Crippen LogP contribution in [0.3, 0.4) is 0 Å². The maximum Gasteiger partial charge on any atom is 0.254 e. The zero-order valence-corrected chi connectivity index (χ0v) is 14.3. The molecule has 1 aromatic carbocycles. The molecule has 0 aliphatic carbocycles. The molecule has 3 aromatic rings. The second kappa shape index (κ2) is 6.20. The van der Waals surface area contributed by atoms with E-state index in [9.17, 15) is 4.79 Å². The Bertz CT molecular complexity index is 896. The Hall–Kier alpha value is -2.89. The summed E-state index contributed by atoms with van der Waals surface area (Å²) in [5, 5.41) is 4.22. The molecule has 0 spiro atoms. The van der Waals surface area contributed by atoms with Crippen LogP contribution in [0.2, 0.25) is 0 Å². The summed E-state index contributed by atoms with van der Waals surface area (Å²) in [6.07, 6.45) is 4.29. The van der Waals surface area contributed by atoms with Crippen molar-refractivity contribution in [3.8, 4) is 5.69 Å². The number of rotatable bonds is 3. The minimum atomic E-state index is 0.00810. The van der Waals surface area contributed by atoms with Gasteiger partial charge in [-0.2, -0.15) is 5.10 Å². The molecule has 0 atom stereocenters. The van der Waals surface area contributed by atoms with Gasteiger partial charge >= 0.3 is 0 Å². The summed E-state index contributed by atoms with van der Waals surface area (Å²) < 4.78 is 7.56. The minimum Gasteiger partial charge on any atom is -0.445 e. The first-order chi connectivity index (χ1) is 12.1. The van der Waals surface area contributed by atoms with Gasteiger partial charge in [-0.15, -0.1) is 0 Å². The molecule has 0 bridgehead atoms. The number of benzene rings is 1. The molecule has 25 heavy (non-hydrogen) atoms. The summed E-state index contributed by atoms with van der Waals surface area (Å²) in [5.74, 6) is 1.92. The van der Waals surface area contributed by atoms with Gasteiger partial charge in [-0.3, -0.25) is 4.79 Å². The molecule has 1 amide bonds. The summed E-state index contributed by atoms with van der Waals surface area (Å²) in [4.78, 5) is 19.3. The Morgan fingerprint density at radius 3 is 2.92 bits per heavy atom. The van der Waals surface area contributed by atoms with E-state index in [2.05, 4.69) is 23.9 Å². The fraction of sp³-hybridized carbons (Fsp3) is 0.316. The van der Waals surface area contributed by atoms with Crippen LogP contribution in [0.4, 0.5) is 0 Å². The van der Waals surface area contributed by atoms with Crippen LogP contribution in [0.25, 0.3) is 5.69 Å². The number of carbonyl (C=O) groups is 1. The van der Waals surface area contributed by atoms with Gasteiger partial charge in [-0.25, -0.2) is 9.67 Å². The number of oxazole rings is 1. The van der Waals surface area contributed by atoms with Crippen molar-refractivity contribution < 1.29 is 9.21 Å². The molecule has 0 saturated heterocycles. The van der Waals surface area contributed by atoms with Crippen LogP contribution in [-0.4, -0.2) is 32.1 Å². The number of amides is 1. The van der Waals surface area contributed by atoms with E-state index in [4.69, 9.17) is 4.42 Å². The normalized spacial score (nSPS) is 14.0. The van der Waals surface area contributed by atoms with Gasteiger partial charge in [0.05, 0.1) is 12.2 Å². The van der Waals surface area contributed by atoms with Crippen molar-refractivity contribution in [3.63, 3.8) is 0 Å². The lowest BCUT2D eigenvalue weighted by molar-refractivity contribution is 0.0728. The van der Waals surface area contributed by atoms with Crippen LogP contribution in [0.1, 0.15) is 47.5 Å². The van der Waals surface area contributed by atoms with Gasteiger partial charge < -0.3 is 9.32 Å². The largest absolute Gasteiger partial charge is 0.445 e. The molecule has 0 saturated carbocycles. The van der Waals surface area contributed by atoms with Gasteiger partial charge in [0.25, 0.3) is 5.91 Å². The molecular weight excluding hydrogens is 316 g/mol. The highest BCUT2D eigenvalue weighted by atomic mass is 16.4. The quantitative estimate of drug-likeness (QED) is 0.737. The van der Waals surface area contributed by atoms with Gasteiger partial charge in [0.2, 0.25) is 0 Å². The highest BCUT2D eigenvalue weighted by molar-refractivity contribution is 5.94. The summed E-state index contributed by atoms with van der Waals surface area (Å²) >= 11 is 0. The molecule has 1 aliphatic heterocycles. The number of carbonyl (C=O) groups excluding carboxylic acids is 1. The fourth-order valence-corrected chi connectivity index (χ4v) is 3.02. The van der Waals surface area contributed by atoms with Crippen molar-refractivity contribution in [3.05, 3.63) is 65.6 Å². The predicted molar refractivity (Wildman–Crippen MR) is 92.6 cm³/mol. The van der Waals surface area contributed by atoms with Gasteiger partial charge in [0.15, 0.2) is 5.89 Å². The van der Waals surface area contributed by atoms with E-state index in [0.29, 0.717) is 25.1 Å². The first kappa shape index (κ1) is 15.6. The van der Waals surface area contributed by atoms with Gasteiger partial charge in [-0.05, 0) is 24.3 Å². The second-order valence-corrected chi connectivity index (χ2v) is 6.55. The van der Waals surface area contributed by atoms with E-state index >= 15 is 0 Å². The van der Waals surface area contributed by atoms with Crippen molar-refractivity contribution in [2.75, 3.05) is 6.54 Å². The fourth-order valence-electron chi connectivity index (χ4n) is 3.02. The Morgan fingerprint density at radius 1 is 1.28 bits per heavy atom. The first-order valence-corrected chi connectivity index (χ1v) is 8.49. The molecule has 0 N–H and O–H groups in total. The maximum absolute atomic E-state index is 12.9. The average Bonchev–Trinajstić information content (AvgIpc) is 3.30. The van der Waals surface area contributed by atoms with Crippen molar-refractivity contribution >= 4 is 5.91 Å². The number of aromatic nitrogens is 3. The summed E-state index contributed by atoms with van der Waals surface area (Å²) in [6, 6.07) is 9.38. The van der Waals surface area contributed by atoms with E-state index in [1.54, 1.807) is 10.9 Å². The second-order valence-electron chi connectivity index (χ2n) is 6.55. The zero-order chi connectivity index (χ0) is 17.4.